The van der Waals surface area contributed by atoms with E-state index in [2.05, 4.69) is 46.0 Å². The maximum Gasteiger partial charge on any atom is 0.250 e. The van der Waals surface area contributed by atoms with E-state index in [9.17, 15) is 4.79 Å². The van der Waals surface area contributed by atoms with Gasteiger partial charge in [0.1, 0.15) is 0 Å². The molecule has 1 amide bonds. The lowest BCUT2D eigenvalue weighted by atomic mass is 9.91. The minimum atomic E-state index is 0.277. The van der Waals surface area contributed by atoms with E-state index < -0.39 is 0 Å². The molecule has 5 heteroatoms. The van der Waals surface area contributed by atoms with Crippen molar-refractivity contribution >= 4 is 5.91 Å². The van der Waals surface area contributed by atoms with Crippen molar-refractivity contribution < 1.29 is 4.79 Å². The van der Waals surface area contributed by atoms with Gasteiger partial charge in [-0.3, -0.25) is 9.89 Å². The topological polar surface area (TPSA) is 52.2 Å². The quantitative estimate of drug-likeness (QED) is 0.853. The third-order valence-corrected chi connectivity index (χ3v) is 6.13. The molecule has 1 aromatic heterocycles. The smallest absolute Gasteiger partial charge is 0.250 e. The van der Waals surface area contributed by atoms with Gasteiger partial charge in [0.25, 0.3) is 0 Å². The molecule has 1 N–H and O–H groups in total. The van der Waals surface area contributed by atoms with E-state index in [-0.39, 0.29) is 5.91 Å². The molecule has 5 nitrogen and oxygen atoms in total. The molecule has 0 aliphatic heterocycles. The van der Waals surface area contributed by atoms with Gasteiger partial charge < -0.3 is 9.80 Å². The molecule has 140 valence electrons. The number of amides is 1. The van der Waals surface area contributed by atoms with Crippen LogP contribution in [0.4, 0.5) is 0 Å². The maximum atomic E-state index is 13.3. The fourth-order valence-corrected chi connectivity index (χ4v) is 4.48. The number of fused-ring (bicyclic) bond motifs is 1. The number of aromatic nitrogens is 2. The summed E-state index contributed by atoms with van der Waals surface area (Å²) in [5.74, 6) is 0.277. The van der Waals surface area contributed by atoms with Crippen LogP contribution < -0.4 is 0 Å². The van der Waals surface area contributed by atoms with Crippen LogP contribution in [0.1, 0.15) is 57.2 Å². The molecule has 1 atom stereocenters. The molecule has 3 aliphatic rings. The van der Waals surface area contributed by atoms with Gasteiger partial charge >= 0.3 is 0 Å². The molecular weight excluding hydrogens is 324 g/mol. The average molecular weight is 354 g/mol. The van der Waals surface area contributed by atoms with Gasteiger partial charge in [0.05, 0.1) is 6.20 Å². The van der Waals surface area contributed by atoms with Crippen molar-refractivity contribution in [2.24, 2.45) is 0 Å². The number of nitrogens with zero attached hydrogens (tertiary/aromatic N) is 3. The standard InChI is InChI=1S/C21H30N4O/c1-3-24(4-2)17-7-5-15(6-8-17)21(26)25(18-9-10-18)19-11-12-20-16(13-19)14-22-23-20/h5,7,14,18-19H,3-4,6,8-13H2,1-2H3,(H,22,23). The van der Waals surface area contributed by atoms with Gasteiger partial charge in [-0.25, -0.2) is 0 Å². The van der Waals surface area contributed by atoms with Crippen molar-refractivity contribution in [3.05, 3.63) is 40.9 Å². The molecule has 3 aliphatic carbocycles. The van der Waals surface area contributed by atoms with Crippen LogP contribution in [0, 0.1) is 0 Å². The van der Waals surface area contributed by atoms with E-state index in [1.807, 2.05) is 6.20 Å². The summed E-state index contributed by atoms with van der Waals surface area (Å²) in [7, 11) is 0. The Morgan fingerprint density at radius 2 is 1.92 bits per heavy atom. The summed E-state index contributed by atoms with van der Waals surface area (Å²) in [4.78, 5) is 17.9. The SMILES string of the molecule is CCN(CC)C1=CC=C(C(=O)N(C2CC2)C2CCc3[nH]ncc3C2)CC1. The van der Waals surface area contributed by atoms with Gasteiger partial charge in [-0.05, 0) is 70.4 Å². The van der Waals surface area contributed by atoms with Crippen LogP contribution in [-0.2, 0) is 17.6 Å². The summed E-state index contributed by atoms with van der Waals surface area (Å²) in [5.41, 5.74) is 4.91. The summed E-state index contributed by atoms with van der Waals surface area (Å²) in [6, 6.07) is 0.782. The summed E-state index contributed by atoms with van der Waals surface area (Å²) in [6.07, 6.45) is 13.4. The number of carbonyl (C=O) groups excluding carboxylic acids is 1. The number of nitrogens with one attached hydrogen (secondary N) is 1. The molecule has 0 spiro atoms. The van der Waals surface area contributed by atoms with Crippen LogP contribution in [0.3, 0.4) is 0 Å². The predicted molar refractivity (Wildman–Crippen MR) is 103 cm³/mol. The first-order chi connectivity index (χ1) is 12.7. The molecule has 0 radical (unpaired) electrons. The van der Waals surface area contributed by atoms with Crippen LogP contribution >= 0.6 is 0 Å². The Balaban J connectivity index is 1.50. The Hall–Kier alpha value is -2.04. The average Bonchev–Trinajstić information content (AvgIpc) is 3.39. The normalized spacial score (nSPS) is 22.3. The fraction of sp³-hybridized carbons (Fsp3) is 0.619. The number of allylic oxidation sites excluding steroid dienone is 3. The molecule has 1 aromatic rings. The third kappa shape index (κ3) is 3.31. The molecule has 4 rings (SSSR count). The van der Waals surface area contributed by atoms with Gasteiger partial charge in [-0.2, -0.15) is 5.10 Å². The van der Waals surface area contributed by atoms with Crippen LogP contribution in [0.25, 0.3) is 0 Å². The predicted octanol–water partition coefficient (Wildman–Crippen LogP) is 3.20. The number of hydrogen-bond donors (Lipinski definition) is 1. The minimum Gasteiger partial charge on any atom is -0.375 e. The zero-order valence-corrected chi connectivity index (χ0v) is 16.0. The molecular formula is C21H30N4O. The molecule has 0 bridgehead atoms. The van der Waals surface area contributed by atoms with E-state index in [1.54, 1.807) is 0 Å². The van der Waals surface area contributed by atoms with Crippen molar-refractivity contribution in [1.82, 2.24) is 20.0 Å². The second kappa shape index (κ2) is 7.29. The first kappa shape index (κ1) is 17.4. The van der Waals surface area contributed by atoms with Gasteiger partial charge in [-0.15, -0.1) is 0 Å². The van der Waals surface area contributed by atoms with Crippen LogP contribution in [0.15, 0.2) is 29.6 Å². The minimum absolute atomic E-state index is 0.277. The number of carbonyl (C=O) groups is 1. The van der Waals surface area contributed by atoms with Crippen LogP contribution in [0.5, 0.6) is 0 Å². The van der Waals surface area contributed by atoms with Crippen molar-refractivity contribution in [2.45, 2.75) is 70.9 Å². The van der Waals surface area contributed by atoms with Crippen molar-refractivity contribution in [1.29, 1.82) is 0 Å². The number of H-pyrrole nitrogens is 1. The molecule has 1 fully saturated rings. The van der Waals surface area contributed by atoms with E-state index in [0.29, 0.717) is 12.1 Å². The van der Waals surface area contributed by atoms with Gasteiger partial charge in [0.15, 0.2) is 0 Å². The first-order valence-corrected chi connectivity index (χ1v) is 10.2. The molecule has 1 saturated carbocycles. The van der Waals surface area contributed by atoms with E-state index in [1.165, 1.54) is 17.0 Å². The summed E-state index contributed by atoms with van der Waals surface area (Å²) < 4.78 is 0. The van der Waals surface area contributed by atoms with Gasteiger partial charge in [0, 0.05) is 42.1 Å². The zero-order chi connectivity index (χ0) is 18.1. The monoisotopic (exact) mass is 354 g/mol. The lowest BCUT2D eigenvalue weighted by Crippen LogP contribution is -2.45. The van der Waals surface area contributed by atoms with E-state index in [4.69, 9.17) is 0 Å². The molecule has 1 unspecified atom stereocenters. The highest BCUT2D eigenvalue weighted by atomic mass is 16.2. The summed E-state index contributed by atoms with van der Waals surface area (Å²) >= 11 is 0. The Morgan fingerprint density at radius 3 is 2.58 bits per heavy atom. The van der Waals surface area contributed by atoms with Crippen molar-refractivity contribution in [3.63, 3.8) is 0 Å². The number of aryl methyl sites for hydroxylation is 1. The van der Waals surface area contributed by atoms with Crippen molar-refractivity contribution in [3.8, 4) is 0 Å². The van der Waals surface area contributed by atoms with Crippen molar-refractivity contribution in [2.75, 3.05) is 13.1 Å². The summed E-state index contributed by atoms with van der Waals surface area (Å²) in [6.45, 7) is 6.44. The first-order valence-electron chi connectivity index (χ1n) is 10.2. The zero-order valence-electron chi connectivity index (χ0n) is 16.0. The second-order valence-corrected chi connectivity index (χ2v) is 7.74. The lowest BCUT2D eigenvalue weighted by molar-refractivity contribution is -0.130. The number of aromatic amines is 1. The summed E-state index contributed by atoms with van der Waals surface area (Å²) in [5, 5.41) is 7.29. The number of rotatable bonds is 6. The Kier molecular flexibility index (Phi) is 4.88. The van der Waals surface area contributed by atoms with Gasteiger partial charge in [0.2, 0.25) is 5.91 Å². The van der Waals surface area contributed by atoms with E-state index in [0.717, 1.165) is 63.6 Å². The Morgan fingerprint density at radius 1 is 1.12 bits per heavy atom. The second-order valence-electron chi connectivity index (χ2n) is 7.74. The molecule has 26 heavy (non-hydrogen) atoms. The Labute approximate surface area is 156 Å². The fourth-order valence-electron chi connectivity index (χ4n) is 4.48. The largest absolute Gasteiger partial charge is 0.375 e. The third-order valence-electron chi connectivity index (χ3n) is 6.13. The lowest BCUT2D eigenvalue weighted by Gasteiger charge is -2.36. The van der Waals surface area contributed by atoms with Gasteiger partial charge in [-0.1, -0.05) is 6.08 Å². The highest BCUT2D eigenvalue weighted by Gasteiger charge is 2.39. The maximum absolute atomic E-state index is 13.3. The molecule has 0 saturated heterocycles. The highest BCUT2D eigenvalue weighted by Crippen LogP contribution is 2.35. The van der Waals surface area contributed by atoms with E-state index >= 15 is 0 Å². The highest BCUT2D eigenvalue weighted by molar-refractivity contribution is 5.94. The Bertz CT molecular complexity index is 724. The molecule has 0 aromatic carbocycles. The van der Waals surface area contributed by atoms with Crippen LogP contribution in [-0.4, -0.2) is 51.1 Å². The molecule has 1 heterocycles. The van der Waals surface area contributed by atoms with Crippen LogP contribution in [0.2, 0.25) is 0 Å². The number of hydrogen-bond acceptors (Lipinski definition) is 3.